The van der Waals surface area contributed by atoms with Crippen LogP contribution in [0.25, 0.3) is 5.52 Å². The van der Waals surface area contributed by atoms with E-state index in [0.29, 0.717) is 6.04 Å². The van der Waals surface area contributed by atoms with Gasteiger partial charge >= 0.3 is 0 Å². The number of hydrogen-bond acceptors (Lipinski definition) is 3. The van der Waals surface area contributed by atoms with Gasteiger partial charge in [-0.3, -0.25) is 9.20 Å². The van der Waals surface area contributed by atoms with Crippen LogP contribution in [0, 0.1) is 0 Å². The van der Waals surface area contributed by atoms with Crippen LogP contribution in [-0.4, -0.2) is 26.6 Å². The van der Waals surface area contributed by atoms with Crippen LogP contribution in [0.15, 0.2) is 35.7 Å². The molecule has 0 spiro atoms. The van der Waals surface area contributed by atoms with Crippen LogP contribution in [-0.2, 0) is 4.79 Å². The van der Waals surface area contributed by atoms with E-state index >= 15 is 0 Å². The van der Waals surface area contributed by atoms with Crippen LogP contribution < -0.4 is 5.32 Å². The van der Waals surface area contributed by atoms with Gasteiger partial charge in [0.1, 0.15) is 0 Å². The van der Waals surface area contributed by atoms with E-state index < -0.39 is 0 Å². The van der Waals surface area contributed by atoms with Crippen LogP contribution in [0.3, 0.4) is 0 Å². The largest absolute Gasteiger partial charge is 0.352 e. The molecule has 0 saturated heterocycles. The molecule has 1 N–H and O–H groups in total. The molecule has 0 radical (unpaired) electrons. The first-order valence-corrected chi connectivity index (χ1v) is 9.01. The van der Waals surface area contributed by atoms with Gasteiger partial charge in [-0.15, -0.1) is 0 Å². The summed E-state index contributed by atoms with van der Waals surface area (Å²) >= 11 is 1.52. The van der Waals surface area contributed by atoms with Gasteiger partial charge in [0, 0.05) is 12.2 Å². The van der Waals surface area contributed by atoms with E-state index in [1.54, 1.807) is 0 Å². The van der Waals surface area contributed by atoms with Gasteiger partial charge in [-0.25, -0.2) is 4.98 Å². The van der Waals surface area contributed by atoms with E-state index in [9.17, 15) is 4.79 Å². The topological polar surface area (TPSA) is 46.4 Å². The van der Waals surface area contributed by atoms with Gasteiger partial charge in [-0.1, -0.05) is 43.5 Å². The Balaban J connectivity index is 1.61. The first kappa shape index (κ1) is 15.4. The zero-order valence-corrected chi connectivity index (χ0v) is 13.8. The van der Waals surface area contributed by atoms with Crippen LogP contribution in [0.5, 0.6) is 0 Å². The SMILES string of the molecule is CC(Sc1ncc2ccccn12)C(=O)NC1CCCCCC1. The van der Waals surface area contributed by atoms with E-state index in [0.717, 1.165) is 23.5 Å². The number of carbonyl (C=O) groups is 1. The highest BCUT2D eigenvalue weighted by atomic mass is 32.2. The zero-order valence-electron chi connectivity index (χ0n) is 13.0. The monoisotopic (exact) mass is 317 g/mol. The number of thioether (sulfide) groups is 1. The van der Waals surface area contributed by atoms with E-state index in [1.165, 1.54) is 37.4 Å². The number of imidazole rings is 1. The van der Waals surface area contributed by atoms with Crippen molar-refractivity contribution < 1.29 is 4.79 Å². The number of fused-ring (bicyclic) bond motifs is 1. The molecule has 0 aliphatic heterocycles. The Morgan fingerprint density at radius 3 is 2.86 bits per heavy atom. The third-order valence-electron chi connectivity index (χ3n) is 4.26. The van der Waals surface area contributed by atoms with Crippen LogP contribution >= 0.6 is 11.8 Å². The van der Waals surface area contributed by atoms with Crippen molar-refractivity contribution in [2.45, 2.75) is 61.9 Å². The minimum absolute atomic E-state index is 0.129. The maximum atomic E-state index is 12.4. The van der Waals surface area contributed by atoms with Gasteiger partial charge in [0.25, 0.3) is 0 Å². The van der Waals surface area contributed by atoms with Gasteiger partial charge in [0.15, 0.2) is 5.16 Å². The van der Waals surface area contributed by atoms with Crippen molar-refractivity contribution in [2.24, 2.45) is 0 Å². The molecule has 118 valence electrons. The minimum Gasteiger partial charge on any atom is -0.352 e. The highest BCUT2D eigenvalue weighted by molar-refractivity contribution is 8.00. The van der Waals surface area contributed by atoms with Crippen molar-refractivity contribution in [2.75, 3.05) is 0 Å². The molecule has 2 aromatic rings. The molecule has 1 saturated carbocycles. The molecule has 1 fully saturated rings. The molecule has 1 aliphatic carbocycles. The van der Waals surface area contributed by atoms with Crippen molar-refractivity contribution >= 4 is 23.2 Å². The molecule has 1 amide bonds. The van der Waals surface area contributed by atoms with Crippen LogP contribution in [0.1, 0.15) is 45.4 Å². The Labute approximate surface area is 135 Å². The van der Waals surface area contributed by atoms with Crippen LogP contribution in [0.4, 0.5) is 0 Å². The quantitative estimate of drug-likeness (QED) is 0.691. The Morgan fingerprint density at radius 1 is 1.32 bits per heavy atom. The summed E-state index contributed by atoms with van der Waals surface area (Å²) in [6.07, 6.45) is 11.1. The highest BCUT2D eigenvalue weighted by Crippen LogP contribution is 2.24. The lowest BCUT2D eigenvalue weighted by Crippen LogP contribution is -2.39. The molecular weight excluding hydrogens is 294 g/mol. The van der Waals surface area contributed by atoms with Crippen molar-refractivity contribution in [1.29, 1.82) is 0 Å². The van der Waals surface area contributed by atoms with Crippen molar-refractivity contribution in [1.82, 2.24) is 14.7 Å². The summed E-state index contributed by atoms with van der Waals surface area (Å²) in [5.41, 5.74) is 1.06. The number of carbonyl (C=O) groups excluding carboxylic acids is 1. The fraction of sp³-hybridized carbons (Fsp3) is 0.529. The molecule has 1 atom stereocenters. The lowest BCUT2D eigenvalue weighted by molar-refractivity contribution is -0.121. The Kier molecular flexibility index (Phi) is 5.03. The molecule has 5 heteroatoms. The molecular formula is C17H23N3OS. The average molecular weight is 317 g/mol. The third kappa shape index (κ3) is 3.64. The standard InChI is InChI=1S/C17H23N3OS/c1-13(16(21)19-14-8-4-2-3-5-9-14)22-17-18-12-15-10-6-7-11-20(15)17/h6-7,10-14H,2-5,8-9H2,1H3,(H,19,21). The molecule has 1 unspecified atom stereocenters. The number of hydrogen-bond donors (Lipinski definition) is 1. The van der Waals surface area contributed by atoms with Gasteiger partial charge < -0.3 is 5.32 Å². The van der Waals surface area contributed by atoms with Crippen molar-refractivity contribution in [3.8, 4) is 0 Å². The minimum atomic E-state index is -0.131. The summed E-state index contributed by atoms with van der Waals surface area (Å²) in [6.45, 7) is 1.96. The lowest BCUT2D eigenvalue weighted by atomic mass is 10.1. The normalized spacial score (nSPS) is 18.0. The predicted molar refractivity (Wildman–Crippen MR) is 90.1 cm³/mol. The molecule has 0 bridgehead atoms. The number of amides is 1. The summed E-state index contributed by atoms with van der Waals surface area (Å²) in [5.74, 6) is 0.129. The summed E-state index contributed by atoms with van der Waals surface area (Å²) in [6, 6.07) is 6.35. The van der Waals surface area contributed by atoms with Gasteiger partial charge in [-0.2, -0.15) is 0 Å². The summed E-state index contributed by atoms with van der Waals surface area (Å²) in [4.78, 5) is 16.8. The van der Waals surface area contributed by atoms with Gasteiger partial charge in [-0.05, 0) is 31.9 Å². The fourth-order valence-corrected chi connectivity index (χ4v) is 3.85. The second-order valence-corrected chi connectivity index (χ2v) is 7.30. The summed E-state index contributed by atoms with van der Waals surface area (Å²) in [5, 5.41) is 3.97. The summed E-state index contributed by atoms with van der Waals surface area (Å²) in [7, 11) is 0. The number of nitrogens with zero attached hydrogens (tertiary/aromatic N) is 2. The molecule has 4 nitrogen and oxygen atoms in total. The van der Waals surface area contributed by atoms with E-state index in [2.05, 4.69) is 10.3 Å². The Bertz CT molecular complexity index is 632. The zero-order chi connectivity index (χ0) is 15.4. The maximum Gasteiger partial charge on any atom is 0.233 e. The number of nitrogens with one attached hydrogen (secondary N) is 1. The second kappa shape index (κ2) is 7.18. The lowest BCUT2D eigenvalue weighted by Gasteiger charge is -2.19. The van der Waals surface area contributed by atoms with E-state index in [-0.39, 0.29) is 11.2 Å². The fourth-order valence-electron chi connectivity index (χ4n) is 2.96. The van der Waals surface area contributed by atoms with Crippen molar-refractivity contribution in [3.63, 3.8) is 0 Å². The molecule has 22 heavy (non-hydrogen) atoms. The van der Waals surface area contributed by atoms with Crippen LogP contribution in [0.2, 0.25) is 0 Å². The van der Waals surface area contributed by atoms with E-state index in [4.69, 9.17) is 0 Å². The summed E-state index contributed by atoms with van der Waals surface area (Å²) < 4.78 is 2.03. The number of aromatic nitrogens is 2. The maximum absolute atomic E-state index is 12.4. The molecule has 2 heterocycles. The average Bonchev–Trinajstić information content (AvgIpc) is 2.75. The van der Waals surface area contributed by atoms with Gasteiger partial charge in [0.2, 0.25) is 5.91 Å². The second-order valence-electron chi connectivity index (χ2n) is 5.99. The highest BCUT2D eigenvalue weighted by Gasteiger charge is 2.21. The predicted octanol–water partition coefficient (Wildman–Crippen LogP) is 3.65. The van der Waals surface area contributed by atoms with E-state index in [1.807, 2.05) is 41.9 Å². The Morgan fingerprint density at radius 2 is 2.09 bits per heavy atom. The molecule has 3 rings (SSSR count). The van der Waals surface area contributed by atoms with Gasteiger partial charge in [0.05, 0.1) is 17.0 Å². The number of pyridine rings is 1. The van der Waals surface area contributed by atoms with Crippen molar-refractivity contribution in [3.05, 3.63) is 30.6 Å². The Hall–Kier alpha value is -1.49. The first-order valence-electron chi connectivity index (χ1n) is 8.13. The molecule has 1 aliphatic rings. The molecule has 0 aromatic carbocycles. The third-order valence-corrected chi connectivity index (χ3v) is 5.34. The number of rotatable bonds is 4. The first-order chi connectivity index (χ1) is 10.7. The smallest absolute Gasteiger partial charge is 0.233 e. The molecule has 2 aromatic heterocycles.